The molecule has 8 heteroatoms. The van der Waals surface area contributed by atoms with E-state index < -0.39 is 0 Å². The number of hydrogen-bond acceptors (Lipinski definition) is 6. The molecule has 1 N–H and O–H groups in total. The highest BCUT2D eigenvalue weighted by Gasteiger charge is 2.38. The molecular weight excluding hydrogens is 366 g/mol. The number of nitrogens with one attached hydrogen (secondary N) is 1. The lowest BCUT2D eigenvalue weighted by Gasteiger charge is -2.45. The van der Waals surface area contributed by atoms with Gasteiger partial charge in [0.2, 0.25) is 0 Å². The third-order valence-corrected chi connectivity index (χ3v) is 5.41. The van der Waals surface area contributed by atoms with Gasteiger partial charge in [0, 0.05) is 36.7 Å². The van der Waals surface area contributed by atoms with E-state index in [1.807, 2.05) is 25.1 Å². The first-order valence-corrected chi connectivity index (χ1v) is 9.74. The maximum Gasteiger partial charge on any atom is 0.329 e. The van der Waals surface area contributed by atoms with Crippen molar-refractivity contribution in [2.75, 3.05) is 28.2 Å². The number of aryl methyl sites for hydroxylation is 1. The molecule has 29 heavy (non-hydrogen) atoms. The smallest absolute Gasteiger partial charge is 0.329 e. The summed E-state index contributed by atoms with van der Waals surface area (Å²) in [6.07, 6.45) is 6.81. The number of rotatable bonds is 2. The first kappa shape index (κ1) is 17.5. The molecule has 0 aliphatic carbocycles. The van der Waals surface area contributed by atoms with E-state index in [-0.39, 0.29) is 12.1 Å². The van der Waals surface area contributed by atoms with E-state index >= 15 is 0 Å². The SMILES string of the molecule is Cc1cc(-c2ccc3c(n2)N(C(=O)Nc2ccncn2)[C@H]2CCCN3C2)ccn1. The van der Waals surface area contributed by atoms with Gasteiger partial charge in [0.1, 0.15) is 12.1 Å². The molecule has 1 atom stereocenters. The van der Waals surface area contributed by atoms with Crippen LogP contribution in [-0.2, 0) is 0 Å². The van der Waals surface area contributed by atoms with Crippen molar-refractivity contribution in [3.63, 3.8) is 0 Å². The summed E-state index contributed by atoms with van der Waals surface area (Å²) in [6, 6.07) is 9.58. The molecule has 1 saturated heterocycles. The standard InChI is InChI=1S/C21H21N7O/c1-14-11-15(6-9-23-14)17-4-5-18-20(25-17)28(16-3-2-10-27(18)12-16)21(29)26-19-7-8-22-13-24-19/h4-9,11,13,16H,2-3,10,12H2,1H3,(H,22,24,26,29)/t16-/m0/s1. The van der Waals surface area contributed by atoms with Crippen LogP contribution in [0.3, 0.4) is 0 Å². The Hall–Kier alpha value is -3.55. The minimum absolute atomic E-state index is 0.0833. The minimum Gasteiger partial charge on any atom is -0.366 e. The van der Waals surface area contributed by atoms with Crippen LogP contribution in [0, 0.1) is 6.92 Å². The van der Waals surface area contributed by atoms with Crippen molar-refractivity contribution >= 4 is 23.4 Å². The number of urea groups is 1. The largest absolute Gasteiger partial charge is 0.366 e. The highest BCUT2D eigenvalue weighted by atomic mass is 16.2. The highest BCUT2D eigenvalue weighted by Crippen LogP contribution is 2.39. The Labute approximate surface area is 168 Å². The van der Waals surface area contributed by atoms with Gasteiger partial charge in [-0.1, -0.05) is 0 Å². The minimum atomic E-state index is -0.216. The van der Waals surface area contributed by atoms with Crippen molar-refractivity contribution in [3.8, 4) is 11.3 Å². The zero-order valence-electron chi connectivity index (χ0n) is 16.1. The highest BCUT2D eigenvalue weighted by molar-refractivity contribution is 6.04. The van der Waals surface area contributed by atoms with Crippen LogP contribution >= 0.6 is 0 Å². The van der Waals surface area contributed by atoms with Crippen LogP contribution in [0.2, 0.25) is 0 Å². The van der Waals surface area contributed by atoms with Crippen molar-refractivity contribution in [2.24, 2.45) is 0 Å². The normalized spacial score (nSPS) is 17.6. The number of pyridine rings is 2. The van der Waals surface area contributed by atoms with Gasteiger partial charge in [-0.25, -0.2) is 19.7 Å². The maximum atomic E-state index is 13.2. The van der Waals surface area contributed by atoms with Crippen LogP contribution in [0.15, 0.2) is 49.1 Å². The molecule has 2 amide bonds. The van der Waals surface area contributed by atoms with Crippen LogP contribution < -0.4 is 15.1 Å². The molecule has 0 saturated carbocycles. The molecule has 3 aromatic rings. The summed E-state index contributed by atoms with van der Waals surface area (Å²) in [4.78, 5) is 34.5. The summed E-state index contributed by atoms with van der Waals surface area (Å²) in [7, 11) is 0. The van der Waals surface area contributed by atoms with Gasteiger partial charge in [0.05, 0.1) is 17.4 Å². The zero-order chi connectivity index (χ0) is 19.8. The molecule has 8 nitrogen and oxygen atoms in total. The van der Waals surface area contributed by atoms with Gasteiger partial charge in [-0.3, -0.25) is 15.2 Å². The summed E-state index contributed by atoms with van der Waals surface area (Å²) in [5, 5.41) is 2.89. The predicted molar refractivity (Wildman–Crippen MR) is 111 cm³/mol. The Morgan fingerprint density at radius 2 is 2.10 bits per heavy atom. The second kappa shape index (κ2) is 7.12. The summed E-state index contributed by atoms with van der Waals surface area (Å²) in [6.45, 7) is 3.76. The topological polar surface area (TPSA) is 87.1 Å². The first-order chi connectivity index (χ1) is 14.2. The van der Waals surface area contributed by atoms with Crippen LogP contribution in [-0.4, -0.2) is 45.1 Å². The number of nitrogens with zero attached hydrogens (tertiary/aromatic N) is 6. The van der Waals surface area contributed by atoms with E-state index in [2.05, 4.69) is 31.2 Å². The summed E-state index contributed by atoms with van der Waals surface area (Å²) >= 11 is 0. The third kappa shape index (κ3) is 3.26. The Morgan fingerprint density at radius 1 is 1.17 bits per heavy atom. The van der Waals surface area contributed by atoms with Gasteiger partial charge < -0.3 is 4.90 Å². The molecule has 0 aromatic carbocycles. The molecule has 2 aliphatic rings. The van der Waals surface area contributed by atoms with E-state index in [4.69, 9.17) is 4.98 Å². The summed E-state index contributed by atoms with van der Waals surface area (Å²) in [5.41, 5.74) is 3.74. The van der Waals surface area contributed by atoms with Crippen LogP contribution in [0.1, 0.15) is 18.5 Å². The Morgan fingerprint density at radius 3 is 2.93 bits per heavy atom. The van der Waals surface area contributed by atoms with Crippen molar-refractivity contribution in [3.05, 3.63) is 54.7 Å². The van der Waals surface area contributed by atoms with Gasteiger partial charge in [-0.2, -0.15) is 0 Å². The lowest BCUT2D eigenvalue weighted by molar-refractivity contribution is 0.252. The van der Waals surface area contributed by atoms with Gasteiger partial charge in [-0.05, 0) is 50.1 Å². The molecule has 0 unspecified atom stereocenters. The molecule has 5 rings (SSSR count). The van der Waals surface area contributed by atoms with Crippen LogP contribution in [0.5, 0.6) is 0 Å². The Bertz CT molecular complexity index is 1060. The lowest BCUT2D eigenvalue weighted by atomic mass is 9.99. The monoisotopic (exact) mass is 387 g/mol. The fourth-order valence-electron chi connectivity index (χ4n) is 4.08. The zero-order valence-corrected chi connectivity index (χ0v) is 16.1. The van der Waals surface area contributed by atoms with Crippen LogP contribution in [0.25, 0.3) is 11.3 Å². The average molecular weight is 387 g/mol. The fraction of sp³-hybridized carbons (Fsp3) is 0.286. The van der Waals surface area contributed by atoms with Gasteiger partial charge in [0.15, 0.2) is 5.82 Å². The quantitative estimate of drug-likeness (QED) is 0.726. The molecule has 2 aliphatic heterocycles. The number of carbonyl (C=O) groups is 1. The third-order valence-electron chi connectivity index (χ3n) is 5.41. The van der Waals surface area contributed by atoms with E-state index in [9.17, 15) is 4.79 Å². The second-order valence-electron chi connectivity index (χ2n) is 7.36. The molecular formula is C21H21N7O. The van der Waals surface area contributed by atoms with E-state index in [0.29, 0.717) is 11.6 Å². The number of carbonyl (C=O) groups excluding carboxylic acids is 1. The van der Waals surface area contributed by atoms with Crippen molar-refractivity contribution in [1.82, 2.24) is 19.9 Å². The van der Waals surface area contributed by atoms with Gasteiger partial charge >= 0.3 is 6.03 Å². The van der Waals surface area contributed by atoms with E-state index in [0.717, 1.165) is 48.6 Å². The Balaban J connectivity index is 1.56. The Kier molecular flexibility index (Phi) is 4.31. The maximum absolute atomic E-state index is 13.2. The van der Waals surface area contributed by atoms with Crippen molar-refractivity contribution in [2.45, 2.75) is 25.8 Å². The average Bonchev–Trinajstić information content (AvgIpc) is 2.74. The molecule has 2 bridgehead atoms. The van der Waals surface area contributed by atoms with E-state index in [1.54, 1.807) is 23.4 Å². The second-order valence-corrected chi connectivity index (χ2v) is 7.36. The molecule has 5 heterocycles. The summed E-state index contributed by atoms with van der Waals surface area (Å²) in [5.74, 6) is 1.17. The molecule has 0 spiro atoms. The molecule has 0 radical (unpaired) electrons. The van der Waals surface area contributed by atoms with Gasteiger partial charge in [0.25, 0.3) is 0 Å². The van der Waals surface area contributed by atoms with Crippen molar-refractivity contribution in [1.29, 1.82) is 0 Å². The number of aromatic nitrogens is 4. The lowest BCUT2D eigenvalue weighted by Crippen LogP contribution is -2.56. The number of fused-ring (bicyclic) bond motifs is 4. The molecule has 3 aromatic heterocycles. The number of hydrogen-bond donors (Lipinski definition) is 1. The number of amides is 2. The predicted octanol–water partition coefficient (Wildman–Crippen LogP) is 3.26. The van der Waals surface area contributed by atoms with Gasteiger partial charge in [-0.15, -0.1) is 0 Å². The first-order valence-electron chi connectivity index (χ1n) is 9.74. The summed E-state index contributed by atoms with van der Waals surface area (Å²) < 4.78 is 0. The number of anilines is 3. The van der Waals surface area contributed by atoms with Crippen LogP contribution in [0.4, 0.5) is 22.1 Å². The molecule has 146 valence electrons. The fourth-order valence-corrected chi connectivity index (χ4v) is 4.08. The number of piperidine rings is 1. The van der Waals surface area contributed by atoms with Crippen molar-refractivity contribution < 1.29 is 4.79 Å². The van der Waals surface area contributed by atoms with E-state index in [1.165, 1.54) is 6.33 Å². The molecule has 1 fully saturated rings.